The zero-order valence-electron chi connectivity index (χ0n) is 13.3. The average Bonchev–Trinajstić information content (AvgIpc) is 3.23. The van der Waals surface area contributed by atoms with Crippen molar-refractivity contribution in [3.05, 3.63) is 65.4 Å². The lowest BCUT2D eigenvalue weighted by Crippen LogP contribution is -2.10. The molecule has 0 aliphatic heterocycles. The summed E-state index contributed by atoms with van der Waals surface area (Å²) < 4.78 is 11.9. The summed E-state index contributed by atoms with van der Waals surface area (Å²) in [5, 5.41) is 11.6. The highest BCUT2D eigenvalue weighted by molar-refractivity contribution is 5.86. The molecule has 0 spiro atoms. The molecule has 3 rings (SSSR count). The van der Waals surface area contributed by atoms with Crippen molar-refractivity contribution in [1.82, 2.24) is 20.2 Å². The molecule has 0 aliphatic rings. The highest BCUT2D eigenvalue weighted by Gasteiger charge is 2.13. The van der Waals surface area contributed by atoms with Crippen molar-refractivity contribution in [2.75, 3.05) is 0 Å². The molecular formula is C17H16N4O3. The fraction of sp³-hybridized carbons (Fsp3) is 0.176. The molecule has 2 heterocycles. The Bertz CT molecular complexity index is 846. The van der Waals surface area contributed by atoms with Gasteiger partial charge in [-0.25, -0.2) is 4.79 Å². The normalized spacial score (nSPS) is 11.1. The molecule has 7 heteroatoms. The average molecular weight is 324 g/mol. The monoisotopic (exact) mass is 324 g/mol. The first kappa shape index (κ1) is 15.7. The zero-order valence-corrected chi connectivity index (χ0v) is 13.3. The Labute approximate surface area is 138 Å². The minimum atomic E-state index is -0.498. The van der Waals surface area contributed by atoms with Gasteiger partial charge in [0.15, 0.2) is 12.4 Å². The van der Waals surface area contributed by atoms with Gasteiger partial charge in [-0.15, -0.1) is 5.10 Å². The summed E-state index contributed by atoms with van der Waals surface area (Å²) >= 11 is 0. The number of carbonyl (C=O) groups is 1. The molecule has 1 aromatic carbocycles. The van der Waals surface area contributed by atoms with Crippen LogP contribution in [0.3, 0.4) is 0 Å². The molecule has 2 aromatic heterocycles. The predicted octanol–water partition coefficient (Wildman–Crippen LogP) is 2.63. The third kappa shape index (κ3) is 3.40. The fourth-order valence-electron chi connectivity index (χ4n) is 2.33. The molecule has 0 unspecified atom stereocenters. The molecular weight excluding hydrogens is 308 g/mol. The van der Waals surface area contributed by atoms with Gasteiger partial charge in [-0.1, -0.05) is 18.2 Å². The molecule has 0 N–H and O–H groups in total. The first-order chi connectivity index (χ1) is 11.6. The topological polar surface area (TPSA) is 83.0 Å². The van der Waals surface area contributed by atoms with Gasteiger partial charge < -0.3 is 9.15 Å². The van der Waals surface area contributed by atoms with Gasteiger partial charge >= 0.3 is 5.97 Å². The lowest BCUT2D eigenvalue weighted by atomic mass is 10.1. The molecule has 122 valence electrons. The quantitative estimate of drug-likeness (QED) is 0.530. The number of benzene rings is 1. The van der Waals surface area contributed by atoms with Crippen molar-refractivity contribution in [2.24, 2.45) is 0 Å². The molecule has 0 bridgehead atoms. The van der Waals surface area contributed by atoms with Gasteiger partial charge in [0.1, 0.15) is 5.76 Å². The molecule has 3 aromatic rings. The maximum atomic E-state index is 11.8. The van der Waals surface area contributed by atoms with E-state index >= 15 is 0 Å². The summed E-state index contributed by atoms with van der Waals surface area (Å²) in [6, 6.07) is 9.41. The minimum absolute atomic E-state index is 0.0257. The number of tetrazole rings is 1. The van der Waals surface area contributed by atoms with Gasteiger partial charge in [-0.05, 0) is 53.6 Å². The Balaban J connectivity index is 1.71. The van der Waals surface area contributed by atoms with Crippen LogP contribution in [-0.2, 0) is 16.1 Å². The fourth-order valence-corrected chi connectivity index (χ4v) is 2.33. The lowest BCUT2D eigenvalue weighted by molar-refractivity contribution is -0.139. The molecule has 0 atom stereocenters. The minimum Gasteiger partial charge on any atom is -0.465 e. The van der Waals surface area contributed by atoms with E-state index in [-0.39, 0.29) is 6.61 Å². The number of aryl methyl sites for hydroxylation is 2. The molecule has 0 saturated carbocycles. The number of ether oxygens (including phenoxy) is 1. The Hall–Kier alpha value is -3.22. The SMILES string of the molecule is Cc1cccc(C)c1-n1nnnc1COC(=O)C=Cc1ccco1. The molecule has 24 heavy (non-hydrogen) atoms. The van der Waals surface area contributed by atoms with Crippen LogP contribution >= 0.6 is 0 Å². The van der Waals surface area contributed by atoms with Crippen LogP contribution in [0.25, 0.3) is 11.8 Å². The van der Waals surface area contributed by atoms with Crippen molar-refractivity contribution < 1.29 is 13.9 Å². The van der Waals surface area contributed by atoms with Crippen molar-refractivity contribution in [3.8, 4) is 5.69 Å². The van der Waals surface area contributed by atoms with Crippen LogP contribution in [0.2, 0.25) is 0 Å². The molecule has 0 aliphatic carbocycles. The Kier molecular flexibility index (Phi) is 4.51. The number of furan rings is 1. The number of nitrogens with zero attached hydrogens (tertiary/aromatic N) is 4. The van der Waals surface area contributed by atoms with E-state index in [1.54, 1.807) is 16.8 Å². The third-order valence-corrected chi connectivity index (χ3v) is 3.46. The van der Waals surface area contributed by atoms with E-state index < -0.39 is 5.97 Å². The van der Waals surface area contributed by atoms with E-state index in [2.05, 4.69) is 15.5 Å². The second kappa shape index (κ2) is 6.91. The second-order valence-corrected chi connectivity index (χ2v) is 5.20. The Morgan fingerprint density at radius 2 is 2.04 bits per heavy atom. The van der Waals surface area contributed by atoms with E-state index in [1.807, 2.05) is 32.0 Å². The number of para-hydroxylation sites is 1. The maximum absolute atomic E-state index is 11.8. The smallest absolute Gasteiger partial charge is 0.331 e. The summed E-state index contributed by atoms with van der Waals surface area (Å²) in [5.74, 6) is 0.530. The van der Waals surface area contributed by atoms with E-state index in [0.717, 1.165) is 16.8 Å². The van der Waals surface area contributed by atoms with E-state index in [1.165, 1.54) is 18.4 Å². The van der Waals surface area contributed by atoms with Gasteiger partial charge in [0.05, 0.1) is 12.0 Å². The predicted molar refractivity (Wildman–Crippen MR) is 86.2 cm³/mol. The standard InChI is InChI=1S/C17H16N4O3/c1-12-5-3-6-13(2)17(12)21-15(18-19-20-21)11-24-16(22)9-8-14-7-4-10-23-14/h3-10H,11H2,1-2H3. The van der Waals surface area contributed by atoms with Crippen molar-refractivity contribution in [3.63, 3.8) is 0 Å². The highest BCUT2D eigenvalue weighted by Crippen LogP contribution is 2.18. The first-order valence-electron chi connectivity index (χ1n) is 7.37. The van der Waals surface area contributed by atoms with E-state index in [4.69, 9.17) is 9.15 Å². The van der Waals surface area contributed by atoms with Gasteiger partial charge in [0, 0.05) is 6.08 Å². The number of aromatic nitrogens is 4. The molecule has 0 fully saturated rings. The highest BCUT2D eigenvalue weighted by atomic mass is 16.5. The summed E-state index contributed by atoms with van der Waals surface area (Å²) in [6.45, 7) is 3.93. The van der Waals surface area contributed by atoms with Crippen molar-refractivity contribution in [2.45, 2.75) is 20.5 Å². The molecule has 7 nitrogen and oxygen atoms in total. The first-order valence-corrected chi connectivity index (χ1v) is 7.37. The third-order valence-electron chi connectivity index (χ3n) is 3.46. The number of hydrogen-bond acceptors (Lipinski definition) is 6. The number of carbonyl (C=O) groups excluding carboxylic acids is 1. The second-order valence-electron chi connectivity index (χ2n) is 5.20. The van der Waals surface area contributed by atoms with Crippen LogP contribution in [-0.4, -0.2) is 26.2 Å². The largest absolute Gasteiger partial charge is 0.465 e. The Morgan fingerprint density at radius 3 is 2.75 bits per heavy atom. The van der Waals surface area contributed by atoms with E-state index in [9.17, 15) is 4.79 Å². The van der Waals surface area contributed by atoms with Crippen LogP contribution in [0, 0.1) is 13.8 Å². The maximum Gasteiger partial charge on any atom is 0.331 e. The van der Waals surface area contributed by atoms with Crippen LogP contribution in [0.4, 0.5) is 0 Å². The summed E-state index contributed by atoms with van der Waals surface area (Å²) in [5.41, 5.74) is 2.96. The molecule has 0 saturated heterocycles. The van der Waals surface area contributed by atoms with Crippen molar-refractivity contribution >= 4 is 12.0 Å². The van der Waals surface area contributed by atoms with Crippen LogP contribution < -0.4 is 0 Å². The van der Waals surface area contributed by atoms with Crippen LogP contribution in [0.1, 0.15) is 22.7 Å². The van der Waals surface area contributed by atoms with Crippen LogP contribution in [0.5, 0.6) is 0 Å². The van der Waals surface area contributed by atoms with Gasteiger partial charge in [-0.3, -0.25) is 0 Å². The zero-order chi connectivity index (χ0) is 16.9. The molecule has 0 radical (unpaired) electrons. The van der Waals surface area contributed by atoms with Gasteiger partial charge in [-0.2, -0.15) is 4.68 Å². The number of hydrogen-bond donors (Lipinski definition) is 0. The Morgan fingerprint density at radius 1 is 1.25 bits per heavy atom. The molecule has 0 amide bonds. The lowest BCUT2D eigenvalue weighted by Gasteiger charge is -2.10. The van der Waals surface area contributed by atoms with Crippen molar-refractivity contribution in [1.29, 1.82) is 0 Å². The summed E-state index contributed by atoms with van der Waals surface area (Å²) in [7, 11) is 0. The summed E-state index contributed by atoms with van der Waals surface area (Å²) in [6.07, 6.45) is 4.37. The number of rotatable bonds is 5. The van der Waals surface area contributed by atoms with Gasteiger partial charge in [0.2, 0.25) is 0 Å². The summed E-state index contributed by atoms with van der Waals surface area (Å²) in [4.78, 5) is 11.8. The van der Waals surface area contributed by atoms with Gasteiger partial charge in [0.25, 0.3) is 0 Å². The van der Waals surface area contributed by atoms with Crippen LogP contribution in [0.15, 0.2) is 47.1 Å². The number of esters is 1. The van der Waals surface area contributed by atoms with E-state index in [0.29, 0.717) is 11.6 Å².